The van der Waals surface area contributed by atoms with Gasteiger partial charge in [0.1, 0.15) is 6.61 Å². The average molecular weight is 297 g/mol. The summed E-state index contributed by atoms with van der Waals surface area (Å²) in [6.07, 6.45) is -2.15. The number of hydrogen-bond acceptors (Lipinski definition) is 5. The van der Waals surface area contributed by atoms with E-state index >= 15 is 0 Å². The smallest absolute Gasteiger partial charge is 0.261 e. The van der Waals surface area contributed by atoms with Crippen LogP contribution in [0.25, 0.3) is 11.5 Å². The van der Waals surface area contributed by atoms with Crippen molar-refractivity contribution in [3.63, 3.8) is 0 Å². The van der Waals surface area contributed by atoms with E-state index < -0.39 is 13.0 Å². The van der Waals surface area contributed by atoms with Gasteiger partial charge in [-0.2, -0.15) is 4.98 Å². The van der Waals surface area contributed by atoms with Crippen LogP contribution in [-0.4, -0.2) is 29.8 Å². The maximum atomic E-state index is 11.9. The number of aryl methyl sites for hydroxylation is 1. The molecule has 1 aromatic carbocycles. The summed E-state index contributed by atoms with van der Waals surface area (Å²) in [6, 6.07) is 3.64. The van der Waals surface area contributed by atoms with Crippen molar-refractivity contribution in [3.8, 4) is 11.5 Å². The third-order valence-corrected chi connectivity index (χ3v) is 3.10. The van der Waals surface area contributed by atoms with Gasteiger partial charge < -0.3 is 15.0 Å². The molecule has 0 fully saturated rings. The van der Waals surface area contributed by atoms with Gasteiger partial charge >= 0.3 is 0 Å². The number of nitrogen functional groups attached to an aromatic ring is 1. The highest BCUT2D eigenvalue weighted by molar-refractivity contribution is 5.66. The molecule has 0 saturated carbocycles. The number of benzene rings is 1. The predicted molar refractivity (Wildman–Crippen MR) is 74.1 cm³/mol. The monoisotopic (exact) mass is 297 g/mol. The Labute approximate surface area is 121 Å². The summed E-state index contributed by atoms with van der Waals surface area (Å²) in [4.78, 5) is 4.24. The van der Waals surface area contributed by atoms with E-state index in [0.717, 1.165) is 16.7 Å². The van der Waals surface area contributed by atoms with Crippen LogP contribution in [-0.2, 0) is 11.2 Å². The zero-order chi connectivity index (χ0) is 15.4. The summed E-state index contributed by atoms with van der Waals surface area (Å²) in [5, 5.41) is 3.82. The third kappa shape index (κ3) is 3.98. The predicted octanol–water partition coefficient (Wildman–Crippen LogP) is 2.76. The number of nitrogens with zero attached hydrogens (tertiary/aromatic N) is 2. The van der Waals surface area contributed by atoms with Crippen LogP contribution in [0.2, 0.25) is 0 Å². The zero-order valence-corrected chi connectivity index (χ0v) is 11.9. The van der Waals surface area contributed by atoms with Crippen molar-refractivity contribution < 1.29 is 18.0 Å². The summed E-state index contributed by atoms with van der Waals surface area (Å²) in [5.74, 6) is 0.783. The van der Waals surface area contributed by atoms with Crippen LogP contribution >= 0.6 is 0 Å². The Morgan fingerprint density at radius 1 is 1.33 bits per heavy atom. The maximum absolute atomic E-state index is 11.9. The number of aromatic nitrogens is 2. The molecule has 0 saturated heterocycles. The van der Waals surface area contributed by atoms with Gasteiger partial charge in [0.25, 0.3) is 12.3 Å². The molecule has 0 amide bonds. The lowest BCUT2D eigenvalue weighted by Gasteiger charge is -2.06. The highest BCUT2D eigenvalue weighted by Gasteiger charge is 2.13. The van der Waals surface area contributed by atoms with E-state index in [2.05, 4.69) is 10.1 Å². The quantitative estimate of drug-likeness (QED) is 0.655. The van der Waals surface area contributed by atoms with E-state index in [4.69, 9.17) is 15.0 Å². The molecule has 0 bridgehead atoms. The summed E-state index contributed by atoms with van der Waals surface area (Å²) in [5.41, 5.74) is 9.25. The Morgan fingerprint density at radius 2 is 2.10 bits per heavy atom. The third-order valence-electron chi connectivity index (χ3n) is 3.10. The van der Waals surface area contributed by atoms with Crippen molar-refractivity contribution in [1.82, 2.24) is 10.1 Å². The highest BCUT2D eigenvalue weighted by Crippen LogP contribution is 2.27. The lowest BCUT2D eigenvalue weighted by Crippen LogP contribution is -2.07. The molecule has 2 N–H and O–H groups in total. The van der Waals surface area contributed by atoms with E-state index in [-0.39, 0.29) is 6.61 Å². The minimum Gasteiger partial charge on any atom is -0.399 e. The van der Waals surface area contributed by atoms with E-state index in [9.17, 15) is 8.78 Å². The Morgan fingerprint density at radius 3 is 2.81 bits per heavy atom. The van der Waals surface area contributed by atoms with Gasteiger partial charge in [-0.15, -0.1) is 0 Å². The second-order valence-corrected chi connectivity index (χ2v) is 4.74. The standard InChI is InChI=1S/C14H17F2N3O2/c1-8-5-10(17)6-11(9(8)2)14-18-13(19-21-14)3-4-20-7-12(15)16/h5-6,12H,3-4,7,17H2,1-2H3. The van der Waals surface area contributed by atoms with Gasteiger partial charge in [0, 0.05) is 17.7 Å². The van der Waals surface area contributed by atoms with Crippen LogP contribution in [0.15, 0.2) is 16.7 Å². The van der Waals surface area contributed by atoms with Crippen molar-refractivity contribution in [1.29, 1.82) is 0 Å². The molecule has 0 atom stereocenters. The number of nitrogens with two attached hydrogens (primary N) is 1. The molecule has 2 aromatic rings. The second-order valence-electron chi connectivity index (χ2n) is 4.74. The number of anilines is 1. The molecule has 21 heavy (non-hydrogen) atoms. The number of halogens is 2. The lowest BCUT2D eigenvalue weighted by atomic mass is 10.0. The number of ether oxygens (including phenoxy) is 1. The fourth-order valence-corrected chi connectivity index (χ4v) is 1.91. The molecule has 1 aromatic heterocycles. The van der Waals surface area contributed by atoms with Crippen molar-refractivity contribution in [2.24, 2.45) is 0 Å². The first-order valence-electron chi connectivity index (χ1n) is 6.53. The van der Waals surface area contributed by atoms with Gasteiger partial charge in [-0.05, 0) is 37.1 Å². The van der Waals surface area contributed by atoms with Crippen LogP contribution in [0.3, 0.4) is 0 Å². The molecule has 1 heterocycles. The fraction of sp³-hybridized carbons (Fsp3) is 0.429. The average Bonchev–Trinajstić information content (AvgIpc) is 2.87. The molecule has 0 unspecified atom stereocenters. The fourth-order valence-electron chi connectivity index (χ4n) is 1.91. The zero-order valence-electron chi connectivity index (χ0n) is 11.9. The summed E-state index contributed by atoms with van der Waals surface area (Å²) < 4.78 is 33.8. The number of rotatable bonds is 6. The van der Waals surface area contributed by atoms with Crippen LogP contribution in [0, 0.1) is 13.8 Å². The molecular formula is C14H17F2N3O2. The maximum Gasteiger partial charge on any atom is 0.261 e. The normalized spacial score (nSPS) is 11.3. The van der Waals surface area contributed by atoms with E-state index in [1.54, 1.807) is 6.07 Å². The van der Waals surface area contributed by atoms with Crippen molar-refractivity contribution in [3.05, 3.63) is 29.1 Å². The first-order valence-corrected chi connectivity index (χ1v) is 6.53. The van der Waals surface area contributed by atoms with Gasteiger partial charge in [-0.3, -0.25) is 0 Å². The molecule has 0 radical (unpaired) electrons. The van der Waals surface area contributed by atoms with E-state index in [1.165, 1.54) is 0 Å². The topological polar surface area (TPSA) is 74.2 Å². The minimum absolute atomic E-state index is 0.123. The molecule has 2 rings (SSSR count). The van der Waals surface area contributed by atoms with Crippen LogP contribution < -0.4 is 5.73 Å². The molecule has 0 aliphatic rings. The summed E-state index contributed by atoms with van der Waals surface area (Å²) in [7, 11) is 0. The molecular weight excluding hydrogens is 280 g/mol. The number of alkyl halides is 2. The van der Waals surface area contributed by atoms with Crippen molar-refractivity contribution in [2.75, 3.05) is 18.9 Å². The molecule has 7 heteroatoms. The Bertz CT molecular complexity index is 614. The SMILES string of the molecule is Cc1cc(N)cc(-c2nc(CCOCC(F)F)no2)c1C. The van der Waals surface area contributed by atoms with E-state index in [0.29, 0.717) is 23.8 Å². The van der Waals surface area contributed by atoms with Crippen LogP contribution in [0.5, 0.6) is 0 Å². The Balaban J connectivity index is 2.06. The van der Waals surface area contributed by atoms with Gasteiger partial charge in [-0.1, -0.05) is 5.16 Å². The largest absolute Gasteiger partial charge is 0.399 e. The number of hydrogen-bond donors (Lipinski definition) is 1. The summed E-state index contributed by atoms with van der Waals surface area (Å²) in [6.45, 7) is 3.43. The van der Waals surface area contributed by atoms with Gasteiger partial charge in [0.05, 0.1) is 6.61 Å². The minimum atomic E-state index is -2.47. The molecule has 0 spiro atoms. The van der Waals surface area contributed by atoms with E-state index in [1.807, 2.05) is 19.9 Å². The molecule has 0 aliphatic carbocycles. The first-order chi connectivity index (χ1) is 9.97. The summed E-state index contributed by atoms with van der Waals surface area (Å²) >= 11 is 0. The van der Waals surface area contributed by atoms with Crippen molar-refractivity contribution in [2.45, 2.75) is 26.7 Å². The van der Waals surface area contributed by atoms with Gasteiger partial charge in [0.2, 0.25) is 0 Å². The van der Waals surface area contributed by atoms with Crippen molar-refractivity contribution >= 4 is 5.69 Å². The lowest BCUT2D eigenvalue weighted by molar-refractivity contribution is 0.0182. The van der Waals surface area contributed by atoms with Crippen LogP contribution in [0.4, 0.5) is 14.5 Å². The Hall–Kier alpha value is -2.02. The molecule has 0 aliphatic heterocycles. The van der Waals surface area contributed by atoms with Gasteiger partial charge in [0.15, 0.2) is 5.82 Å². The first kappa shape index (κ1) is 15.4. The van der Waals surface area contributed by atoms with Crippen LogP contribution in [0.1, 0.15) is 17.0 Å². The molecule has 114 valence electrons. The highest BCUT2D eigenvalue weighted by atomic mass is 19.3. The Kier molecular flexibility index (Phi) is 4.85. The molecule has 5 nitrogen and oxygen atoms in total. The van der Waals surface area contributed by atoms with Gasteiger partial charge in [-0.25, -0.2) is 8.78 Å². The second kappa shape index (κ2) is 6.62.